The van der Waals surface area contributed by atoms with Gasteiger partial charge in [0.1, 0.15) is 5.69 Å². The van der Waals surface area contributed by atoms with Crippen LogP contribution in [0.1, 0.15) is 33.8 Å². The molecule has 3 heterocycles. The van der Waals surface area contributed by atoms with Crippen LogP contribution in [0.25, 0.3) is 22.0 Å². The number of nitrogens with zero attached hydrogens (tertiary/aromatic N) is 3. The van der Waals surface area contributed by atoms with Crippen molar-refractivity contribution < 1.29 is 18.0 Å². The zero-order chi connectivity index (χ0) is 23.7. The van der Waals surface area contributed by atoms with E-state index < -0.39 is 17.6 Å². The number of hydrogen-bond acceptors (Lipinski definition) is 5. The molecule has 1 amide bonds. The number of likely N-dealkylation sites (tertiary alicyclic amines) is 1. The van der Waals surface area contributed by atoms with Gasteiger partial charge in [0.2, 0.25) is 0 Å². The van der Waals surface area contributed by atoms with Crippen molar-refractivity contribution in [1.29, 1.82) is 0 Å². The Balaban J connectivity index is 1.41. The number of alkyl halides is 3. The molecule has 174 valence electrons. The fourth-order valence-corrected chi connectivity index (χ4v) is 4.98. The summed E-state index contributed by atoms with van der Waals surface area (Å²) in [5.41, 5.74) is 0.813. The van der Waals surface area contributed by atoms with E-state index >= 15 is 0 Å². The summed E-state index contributed by atoms with van der Waals surface area (Å²) in [6.07, 6.45) is -0.254. The zero-order valence-electron chi connectivity index (χ0n) is 18.1. The first-order valence-electron chi connectivity index (χ1n) is 10.9. The molecule has 0 atom stereocenters. The van der Waals surface area contributed by atoms with E-state index in [1.165, 1.54) is 30.2 Å². The molecule has 1 saturated heterocycles. The van der Waals surface area contributed by atoms with Crippen molar-refractivity contribution >= 4 is 33.3 Å². The minimum absolute atomic E-state index is 0.170. The van der Waals surface area contributed by atoms with E-state index in [4.69, 9.17) is 0 Å². The number of nitrogens with one attached hydrogen (secondary N) is 1. The molecule has 5 nitrogen and oxygen atoms in total. The fraction of sp³-hybridized carbons (Fsp3) is 0.240. The van der Waals surface area contributed by atoms with E-state index in [0.29, 0.717) is 21.8 Å². The van der Waals surface area contributed by atoms with Crippen LogP contribution in [0.3, 0.4) is 0 Å². The highest BCUT2D eigenvalue weighted by Crippen LogP contribution is 2.34. The Kier molecular flexibility index (Phi) is 6.05. The van der Waals surface area contributed by atoms with Crippen molar-refractivity contribution in [2.45, 2.75) is 25.6 Å². The third-order valence-corrected chi connectivity index (χ3v) is 6.70. The predicted molar refractivity (Wildman–Crippen MR) is 127 cm³/mol. The van der Waals surface area contributed by atoms with Crippen molar-refractivity contribution in [2.24, 2.45) is 0 Å². The average Bonchev–Trinajstić information content (AvgIpc) is 3.50. The highest BCUT2D eigenvalue weighted by atomic mass is 32.1. The molecule has 0 unspecified atom stereocenters. The SMILES string of the molecule is O=C(Nc1ncc(CN2CCCC2)s1)c1ccc2cccc(-c3cccc(C(F)(F)F)c3)c2n1. The van der Waals surface area contributed by atoms with Gasteiger partial charge in [-0.2, -0.15) is 13.2 Å². The van der Waals surface area contributed by atoms with E-state index in [1.807, 2.05) is 6.07 Å². The summed E-state index contributed by atoms with van der Waals surface area (Å²) in [6.45, 7) is 2.98. The fourth-order valence-electron chi connectivity index (χ4n) is 4.13. The van der Waals surface area contributed by atoms with Crippen molar-refractivity contribution in [3.05, 3.63) is 76.9 Å². The Bertz CT molecular complexity index is 1350. The number of pyridine rings is 1. The smallest absolute Gasteiger partial charge is 0.298 e. The molecule has 5 rings (SSSR count). The second-order valence-electron chi connectivity index (χ2n) is 8.22. The quantitative estimate of drug-likeness (QED) is 0.367. The molecule has 0 aliphatic carbocycles. The molecule has 2 aromatic carbocycles. The zero-order valence-corrected chi connectivity index (χ0v) is 18.9. The van der Waals surface area contributed by atoms with Crippen LogP contribution in [0, 0.1) is 0 Å². The molecule has 2 aromatic heterocycles. The van der Waals surface area contributed by atoms with Gasteiger partial charge in [0, 0.05) is 28.6 Å². The first kappa shape index (κ1) is 22.5. The van der Waals surface area contributed by atoms with Gasteiger partial charge < -0.3 is 0 Å². The van der Waals surface area contributed by atoms with Crippen molar-refractivity contribution in [2.75, 3.05) is 18.4 Å². The highest BCUT2D eigenvalue weighted by Gasteiger charge is 2.30. The number of carbonyl (C=O) groups is 1. The Morgan fingerprint density at radius 3 is 2.65 bits per heavy atom. The molecule has 0 radical (unpaired) electrons. The minimum Gasteiger partial charge on any atom is -0.298 e. The second-order valence-corrected chi connectivity index (χ2v) is 9.34. The predicted octanol–water partition coefficient (Wildman–Crippen LogP) is 6.23. The van der Waals surface area contributed by atoms with E-state index in [-0.39, 0.29) is 5.69 Å². The van der Waals surface area contributed by atoms with Gasteiger partial charge in [0.25, 0.3) is 5.91 Å². The number of amides is 1. The van der Waals surface area contributed by atoms with Crippen LogP contribution in [-0.2, 0) is 12.7 Å². The lowest BCUT2D eigenvalue weighted by Gasteiger charge is -2.12. The first-order chi connectivity index (χ1) is 16.4. The summed E-state index contributed by atoms with van der Waals surface area (Å²) in [5, 5.41) is 4.02. The number of para-hydroxylation sites is 1. The van der Waals surface area contributed by atoms with Crippen LogP contribution in [0.2, 0.25) is 0 Å². The number of rotatable bonds is 5. The summed E-state index contributed by atoms with van der Waals surface area (Å²) in [5.74, 6) is -0.414. The molecule has 1 aliphatic heterocycles. The molecule has 1 N–H and O–H groups in total. The lowest BCUT2D eigenvalue weighted by atomic mass is 9.99. The Morgan fingerprint density at radius 2 is 1.85 bits per heavy atom. The number of benzene rings is 2. The van der Waals surface area contributed by atoms with Gasteiger partial charge in [-0.25, -0.2) is 9.97 Å². The van der Waals surface area contributed by atoms with Crippen molar-refractivity contribution in [3.8, 4) is 11.1 Å². The van der Waals surface area contributed by atoms with Gasteiger partial charge in [0.15, 0.2) is 5.13 Å². The van der Waals surface area contributed by atoms with Crippen LogP contribution in [0.4, 0.5) is 18.3 Å². The van der Waals surface area contributed by atoms with Crippen LogP contribution in [-0.4, -0.2) is 33.9 Å². The number of hydrogen-bond donors (Lipinski definition) is 1. The van der Waals surface area contributed by atoms with Gasteiger partial charge in [-0.15, -0.1) is 11.3 Å². The maximum Gasteiger partial charge on any atom is 0.416 e. The molecule has 0 spiro atoms. The molecule has 0 saturated carbocycles. The van der Waals surface area contributed by atoms with E-state index in [0.717, 1.165) is 42.0 Å². The van der Waals surface area contributed by atoms with Crippen LogP contribution >= 0.6 is 11.3 Å². The van der Waals surface area contributed by atoms with Gasteiger partial charge in [0.05, 0.1) is 11.1 Å². The number of carbonyl (C=O) groups excluding carboxylic acids is 1. The number of fused-ring (bicyclic) bond motifs is 1. The molecule has 1 fully saturated rings. The topological polar surface area (TPSA) is 58.1 Å². The Labute approximate surface area is 198 Å². The third-order valence-electron chi connectivity index (χ3n) is 5.81. The minimum atomic E-state index is -4.44. The average molecular weight is 483 g/mol. The summed E-state index contributed by atoms with van der Waals surface area (Å²) in [4.78, 5) is 25.1. The largest absolute Gasteiger partial charge is 0.416 e. The molecule has 1 aliphatic rings. The lowest BCUT2D eigenvalue weighted by Crippen LogP contribution is -2.17. The lowest BCUT2D eigenvalue weighted by molar-refractivity contribution is -0.137. The van der Waals surface area contributed by atoms with Crippen LogP contribution in [0.5, 0.6) is 0 Å². The summed E-state index contributed by atoms with van der Waals surface area (Å²) < 4.78 is 39.6. The molecular weight excluding hydrogens is 461 g/mol. The normalized spacial score (nSPS) is 14.6. The van der Waals surface area contributed by atoms with Gasteiger partial charge in [-0.05, 0) is 49.7 Å². The van der Waals surface area contributed by atoms with Crippen molar-refractivity contribution in [1.82, 2.24) is 14.9 Å². The maximum absolute atomic E-state index is 13.2. The molecule has 34 heavy (non-hydrogen) atoms. The summed E-state index contributed by atoms with van der Waals surface area (Å²) >= 11 is 1.43. The van der Waals surface area contributed by atoms with Gasteiger partial charge in [-0.1, -0.05) is 36.4 Å². The van der Waals surface area contributed by atoms with Crippen LogP contribution < -0.4 is 5.32 Å². The molecule has 9 heteroatoms. The third kappa shape index (κ3) is 4.80. The molecule has 0 bridgehead atoms. The number of anilines is 1. The summed E-state index contributed by atoms with van der Waals surface area (Å²) in [7, 11) is 0. The van der Waals surface area contributed by atoms with E-state index in [2.05, 4.69) is 20.2 Å². The standard InChI is InChI=1S/C25H21F3N4OS/c26-25(27,28)18-7-3-6-17(13-18)20-8-4-5-16-9-10-21(30-22(16)20)23(33)31-24-29-14-19(34-24)15-32-11-1-2-12-32/h3-10,13-14H,1-2,11-12,15H2,(H,29,31,33). The second kappa shape index (κ2) is 9.15. The molecular formula is C25H21F3N4OS. The Morgan fingerprint density at radius 1 is 1.06 bits per heavy atom. The summed E-state index contributed by atoms with van der Waals surface area (Å²) in [6, 6.07) is 13.7. The van der Waals surface area contributed by atoms with Gasteiger partial charge in [-0.3, -0.25) is 15.0 Å². The van der Waals surface area contributed by atoms with E-state index in [1.54, 1.807) is 36.5 Å². The van der Waals surface area contributed by atoms with Crippen molar-refractivity contribution in [3.63, 3.8) is 0 Å². The Hall–Kier alpha value is -3.30. The highest BCUT2D eigenvalue weighted by molar-refractivity contribution is 7.15. The van der Waals surface area contributed by atoms with Crippen LogP contribution in [0.15, 0.2) is 60.8 Å². The maximum atomic E-state index is 13.2. The first-order valence-corrected chi connectivity index (χ1v) is 11.7. The number of thiazole rings is 1. The molecule has 4 aromatic rings. The van der Waals surface area contributed by atoms with Gasteiger partial charge >= 0.3 is 6.18 Å². The van der Waals surface area contributed by atoms with E-state index in [9.17, 15) is 18.0 Å². The number of halogens is 3. The monoisotopic (exact) mass is 482 g/mol. The number of aromatic nitrogens is 2.